The van der Waals surface area contributed by atoms with Crippen LogP contribution in [0.3, 0.4) is 0 Å². The number of nitriles is 1. The van der Waals surface area contributed by atoms with Gasteiger partial charge in [0.25, 0.3) is 0 Å². The van der Waals surface area contributed by atoms with Gasteiger partial charge in [-0.2, -0.15) is 5.26 Å². The molecule has 0 unspecified atom stereocenters. The van der Waals surface area contributed by atoms with E-state index >= 15 is 0 Å². The van der Waals surface area contributed by atoms with Gasteiger partial charge in [-0.1, -0.05) is 24.3 Å². The molecular weight excluding hydrogens is 266 g/mol. The molecule has 0 aliphatic rings. The van der Waals surface area contributed by atoms with Crippen LogP contribution >= 0.6 is 0 Å². The molecule has 106 valence electrons. The van der Waals surface area contributed by atoms with E-state index in [9.17, 15) is 4.79 Å². The van der Waals surface area contributed by atoms with Crippen LogP contribution in [0, 0.1) is 11.3 Å². The smallest absolute Gasteiger partial charge is 0.310 e. The van der Waals surface area contributed by atoms with Gasteiger partial charge >= 0.3 is 5.97 Å². The van der Waals surface area contributed by atoms with Crippen molar-refractivity contribution < 1.29 is 14.3 Å². The molecule has 2 rings (SSSR count). The maximum atomic E-state index is 11.8. The van der Waals surface area contributed by atoms with Gasteiger partial charge in [0, 0.05) is 0 Å². The summed E-state index contributed by atoms with van der Waals surface area (Å²) in [7, 11) is 1.60. The molecule has 0 aliphatic carbocycles. The van der Waals surface area contributed by atoms with E-state index in [0.717, 1.165) is 16.9 Å². The lowest BCUT2D eigenvalue weighted by Crippen LogP contribution is -2.08. The molecule has 4 nitrogen and oxygen atoms in total. The third-order valence-electron chi connectivity index (χ3n) is 2.96. The molecule has 0 fully saturated rings. The van der Waals surface area contributed by atoms with Gasteiger partial charge in [-0.25, -0.2) is 0 Å². The van der Waals surface area contributed by atoms with Crippen molar-refractivity contribution in [1.29, 1.82) is 5.26 Å². The number of benzene rings is 2. The average Bonchev–Trinajstić information content (AvgIpc) is 2.54. The largest absolute Gasteiger partial charge is 0.497 e. The molecule has 0 spiro atoms. The molecule has 0 radical (unpaired) electrons. The number of rotatable bonds is 5. The Balaban J connectivity index is 1.88. The van der Waals surface area contributed by atoms with Crippen LogP contribution in [0.2, 0.25) is 0 Å². The maximum Gasteiger partial charge on any atom is 0.310 e. The van der Waals surface area contributed by atoms with Crippen LogP contribution in [-0.4, -0.2) is 13.1 Å². The number of hydrogen-bond donors (Lipinski definition) is 0. The number of carbonyl (C=O) groups excluding carboxylic acids is 1. The van der Waals surface area contributed by atoms with Gasteiger partial charge < -0.3 is 9.47 Å². The number of esters is 1. The van der Waals surface area contributed by atoms with Crippen molar-refractivity contribution in [3.05, 3.63) is 65.2 Å². The molecule has 21 heavy (non-hydrogen) atoms. The first kappa shape index (κ1) is 14.6. The SMILES string of the molecule is COc1ccc(CC(=O)OCc2cccc(C#N)c2)cc1. The van der Waals surface area contributed by atoms with Gasteiger partial charge in [-0.05, 0) is 35.4 Å². The zero-order valence-corrected chi connectivity index (χ0v) is 11.7. The van der Waals surface area contributed by atoms with E-state index in [1.807, 2.05) is 18.2 Å². The molecule has 0 N–H and O–H groups in total. The first-order valence-corrected chi connectivity index (χ1v) is 6.49. The van der Waals surface area contributed by atoms with Crippen molar-refractivity contribution in [1.82, 2.24) is 0 Å². The van der Waals surface area contributed by atoms with Crippen molar-refractivity contribution in [2.24, 2.45) is 0 Å². The van der Waals surface area contributed by atoms with Gasteiger partial charge in [0.05, 0.1) is 25.2 Å². The Morgan fingerprint density at radius 1 is 1.14 bits per heavy atom. The zero-order valence-electron chi connectivity index (χ0n) is 11.7. The summed E-state index contributed by atoms with van der Waals surface area (Å²) in [5.74, 6) is 0.447. The highest BCUT2D eigenvalue weighted by molar-refractivity contribution is 5.72. The Morgan fingerprint density at radius 2 is 1.90 bits per heavy atom. The second kappa shape index (κ2) is 7.11. The summed E-state index contributed by atoms with van der Waals surface area (Å²) >= 11 is 0. The number of methoxy groups -OCH3 is 1. The molecule has 0 amide bonds. The molecule has 0 bridgehead atoms. The molecule has 0 saturated carbocycles. The summed E-state index contributed by atoms with van der Waals surface area (Å²) in [4.78, 5) is 11.8. The normalized spacial score (nSPS) is 9.71. The van der Waals surface area contributed by atoms with E-state index < -0.39 is 0 Å². The second-order valence-corrected chi connectivity index (χ2v) is 4.50. The van der Waals surface area contributed by atoms with Crippen molar-refractivity contribution in [3.63, 3.8) is 0 Å². The van der Waals surface area contributed by atoms with Crippen LogP contribution in [0.1, 0.15) is 16.7 Å². The topological polar surface area (TPSA) is 59.3 Å². The summed E-state index contributed by atoms with van der Waals surface area (Å²) in [5, 5.41) is 8.81. The van der Waals surface area contributed by atoms with E-state index in [0.29, 0.717) is 5.56 Å². The lowest BCUT2D eigenvalue weighted by molar-refractivity contribution is -0.144. The van der Waals surface area contributed by atoms with Crippen LogP contribution in [0.5, 0.6) is 5.75 Å². The minimum atomic E-state index is -0.303. The van der Waals surface area contributed by atoms with E-state index in [4.69, 9.17) is 14.7 Å². The summed E-state index contributed by atoms with van der Waals surface area (Å²) in [6.07, 6.45) is 0.210. The average molecular weight is 281 g/mol. The van der Waals surface area contributed by atoms with E-state index in [1.165, 1.54) is 0 Å². The molecule has 0 aromatic heterocycles. The summed E-state index contributed by atoms with van der Waals surface area (Å²) in [5.41, 5.74) is 2.22. The van der Waals surface area contributed by atoms with Crippen molar-refractivity contribution in [2.75, 3.05) is 7.11 Å². The Labute approximate surface area is 123 Å². The van der Waals surface area contributed by atoms with Gasteiger partial charge in [-0.15, -0.1) is 0 Å². The van der Waals surface area contributed by atoms with E-state index in [2.05, 4.69) is 6.07 Å². The highest BCUT2D eigenvalue weighted by atomic mass is 16.5. The number of nitrogens with zero attached hydrogens (tertiary/aromatic N) is 1. The fourth-order valence-corrected chi connectivity index (χ4v) is 1.86. The number of carbonyl (C=O) groups is 1. The summed E-state index contributed by atoms with van der Waals surface area (Å²) in [6, 6.07) is 16.3. The summed E-state index contributed by atoms with van der Waals surface area (Å²) < 4.78 is 10.3. The fourth-order valence-electron chi connectivity index (χ4n) is 1.86. The first-order valence-electron chi connectivity index (χ1n) is 6.49. The monoisotopic (exact) mass is 281 g/mol. The predicted octanol–water partition coefficient (Wildman–Crippen LogP) is 2.85. The Hall–Kier alpha value is -2.80. The van der Waals surface area contributed by atoms with Crippen LogP contribution in [-0.2, 0) is 22.6 Å². The lowest BCUT2D eigenvalue weighted by Gasteiger charge is -2.06. The van der Waals surface area contributed by atoms with E-state index in [-0.39, 0.29) is 19.0 Å². The highest BCUT2D eigenvalue weighted by Gasteiger charge is 2.06. The fraction of sp³-hybridized carbons (Fsp3) is 0.176. The third kappa shape index (κ3) is 4.36. The maximum absolute atomic E-state index is 11.8. The van der Waals surface area contributed by atoms with E-state index in [1.54, 1.807) is 37.4 Å². The molecular formula is C17H15NO3. The lowest BCUT2D eigenvalue weighted by atomic mass is 10.1. The van der Waals surface area contributed by atoms with Crippen molar-refractivity contribution in [2.45, 2.75) is 13.0 Å². The minimum absolute atomic E-state index is 0.171. The van der Waals surface area contributed by atoms with Gasteiger partial charge in [0.15, 0.2) is 0 Å². The van der Waals surface area contributed by atoms with Gasteiger partial charge in [-0.3, -0.25) is 4.79 Å². The first-order chi connectivity index (χ1) is 10.2. The number of ether oxygens (including phenoxy) is 2. The summed E-state index contributed by atoms with van der Waals surface area (Å²) in [6.45, 7) is 0.171. The van der Waals surface area contributed by atoms with Crippen LogP contribution < -0.4 is 4.74 Å². The Kier molecular flexibility index (Phi) is 4.94. The Morgan fingerprint density at radius 3 is 2.57 bits per heavy atom. The molecule has 0 atom stereocenters. The predicted molar refractivity (Wildman–Crippen MR) is 77.7 cm³/mol. The molecule has 4 heteroatoms. The minimum Gasteiger partial charge on any atom is -0.497 e. The zero-order chi connectivity index (χ0) is 15.1. The Bertz CT molecular complexity index is 656. The number of hydrogen-bond acceptors (Lipinski definition) is 4. The van der Waals surface area contributed by atoms with Gasteiger partial charge in [0.1, 0.15) is 12.4 Å². The second-order valence-electron chi connectivity index (χ2n) is 4.50. The molecule has 0 saturated heterocycles. The van der Waals surface area contributed by atoms with Crippen LogP contribution in [0.25, 0.3) is 0 Å². The molecule has 2 aromatic rings. The van der Waals surface area contributed by atoms with Crippen molar-refractivity contribution >= 4 is 5.97 Å². The van der Waals surface area contributed by atoms with Gasteiger partial charge in [0.2, 0.25) is 0 Å². The molecule has 2 aromatic carbocycles. The standard InChI is InChI=1S/C17H15NO3/c1-20-16-7-5-13(6-8-16)10-17(19)21-12-15-4-2-3-14(9-15)11-18/h2-9H,10,12H2,1H3. The quantitative estimate of drug-likeness (QED) is 0.791. The molecule has 0 heterocycles. The van der Waals surface area contributed by atoms with Crippen molar-refractivity contribution in [3.8, 4) is 11.8 Å². The van der Waals surface area contributed by atoms with Crippen LogP contribution in [0.15, 0.2) is 48.5 Å². The highest BCUT2D eigenvalue weighted by Crippen LogP contribution is 2.12. The third-order valence-corrected chi connectivity index (χ3v) is 2.96. The molecule has 0 aliphatic heterocycles. The van der Waals surface area contributed by atoms with Crippen LogP contribution in [0.4, 0.5) is 0 Å².